The standard InChI is InChI=1S/C44H52N2O12/c1-27-33-25-39(51-3)35(47)21-29(33)9-11-45(27)43(49)31-5-7-37-41(23-31)57-19-15-54-16-20-58-42-24-32(6-8-38(42)56-18-14-53-13-17-55-37)44(50)46-12-10-30-22-36(48)40(52-4)26-34(30)28(46)2/h5-8,21-29,33,47-48H,9-20H2,1-4H3/t27-,28-,29-,33-/m0/s1. The van der Waals surface area contributed by atoms with Crippen molar-refractivity contribution in [2.45, 2.75) is 38.8 Å². The maximum absolute atomic E-state index is 13.9. The second-order valence-corrected chi connectivity index (χ2v) is 14.6. The highest BCUT2D eigenvalue weighted by Crippen LogP contribution is 2.40. The van der Waals surface area contributed by atoms with Crippen LogP contribution >= 0.6 is 0 Å². The number of aromatic hydroxyl groups is 1. The number of aliphatic hydroxyl groups excluding tert-OH is 1. The lowest BCUT2D eigenvalue weighted by Gasteiger charge is -2.43. The molecular weight excluding hydrogens is 748 g/mol. The predicted octanol–water partition coefficient (Wildman–Crippen LogP) is 5.88. The van der Waals surface area contributed by atoms with Crippen molar-refractivity contribution in [3.63, 3.8) is 0 Å². The van der Waals surface area contributed by atoms with Crippen LogP contribution < -0.4 is 23.7 Å². The minimum Gasteiger partial charge on any atom is -0.504 e. The summed E-state index contributed by atoms with van der Waals surface area (Å²) < 4.78 is 46.7. The SMILES string of the molecule is COC1=C[C@@H]2[C@H](C=C1O)CCN(C(=O)c1ccc3c(c1)OCCOCCOc1cc(C(=O)N4CCc5cc(O)c(OC)cc5[C@@H]4C)ccc1OCCOCCO3)[C@H]2C. The minimum atomic E-state index is -0.242. The van der Waals surface area contributed by atoms with Crippen LogP contribution in [0.5, 0.6) is 34.5 Å². The summed E-state index contributed by atoms with van der Waals surface area (Å²) in [6.07, 6.45) is 5.06. The normalized spacial score (nSPS) is 22.8. The zero-order valence-corrected chi connectivity index (χ0v) is 33.4. The van der Waals surface area contributed by atoms with E-state index in [-0.39, 0.29) is 100 Å². The molecular formula is C44H52N2O12. The Balaban J connectivity index is 0.984. The van der Waals surface area contributed by atoms with Crippen LogP contribution in [-0.2, 0) is 20.6 Å². The van der Waals surface area contributed by atoms with Gasteiger partial charge in [0.1, 0.15) is 26.4 Å². The summed E-state index contributed by atoms with van der Waals surface area (Å²) in [5.74, 6) is 2.65. The van der Waals surface area contributed by atoms with E-state index in [0.29, 0.717) is 65.1 Å². The Labute approximate surface area is 338 Å². The van der Waals surface area contributed by atoms with Crippen molar-refractivity contribution in [2.24, 2.45) is 11.8 Å². The van der Waals surface area contributed by atoms with Crippen LogP contribution in [0.15, 0.2) is 72.2 Å². The van der Waals surface area contributed by atoms with Gasteiger partial charge < -0.3 is 57.9 Å². The Bertz CT molecular complexity index is 2030. The third kappa shape index (κ3) is 8.77. The molecule has 4 aliphatic rings. The lowest BCUT2D eigenvalue weighted by Crippen LogP contribution is -2.50. The number of aliphatic hydroxyl groups is 1. The maximum atomic E-state index is 13.9. The van der Waals surface area contributed by atoms with E-state index in [4.69, 9.17) is 37.9 Å². The van der Waals surface area contributed by atoms with Gasteiger partial charge in [-0.2, -0.15) is 0 Å². The first-order valence-corrected chi connectivity index (χ1v) is 19.8. The lowest BCUT2D eigenvalue weighted by molar-refractivity contribution is 0.0499. The fraction of sp³-hybridized carbons (Fsp3) is 0.455. The number of likely N-dealkylation sites (tertiary alicyclic amines) is 1. The van der Waals surface area contributed by atoms with Crippen molar-refractivity contribution in [1.82, 2.24) is 9.80 Å². The summed E-state index contributed by atoms with van der Waals surface area (Å²) in [5.41, 5.74) is 2.84. The number of carbonyl (C=O) groups excluding carboxylic acids is 2. The van der Waals surface area contributed by atoms with Crippen LogP contribution in [0, 0.1) is 11.8 Å². The molecule has 0 radical (unpaired) electrons. The first-order chi connectivity index (χ1) is 28.2. The molecule has 3 aromatic rings. The van der Waals surface area contributed by atoms with Gasteiger partial charge in [-0.15, -0.1) is 0 Å². The number of nitrogens with zero attached hydrogens (tertiary/aromatic N) is 2. The molecule has 3 aliphatic heterocycles. The van der Waals surface area contributed by atoms with Gasteiger partial charge in [0, 0.05) is 36.2 Å². The summed E-state index contributed by atoms with van der Waals surface area (Å²) in [7, 11) is 3.03. The van der Waals surface area contributed by atoms with Gasteiger partial charge in [0.15, 0.2) is 46.0 Å². The number of hydrogen-bond acceptors (Lipinski definition) is 12. The van der Waals surface area contributed by atoms with E-state index in [1.54, 1.807) is 53.4 Å². The van der Waals surface area contributed by atoms with Crippen LogP contribution in [0.2, 0.25) is 0 Å². The number of carbonyl (C=O) groups is 2. The quantitative estimate of drug-likeness (QED) is 0.324. The average molecular weight is 801 g/mol. The van der Waals surface area contributed by atoms with Crippen molar-refractivity contribution in [3.8, 4) is 34.5 Å². The van der Waals surface area contributed by atoms with Crippen LogP contribution in [0.4, 0.5) is 0 Å². The van der Waals surface area contributed by atoms with E-state index in [9.17, 15) is 19.8 Å². The maximum Gasteiger partial charge on any atom is 0.254 e. The first-order valence-electron chi connectivity index (χ1n) is 19.8. The molecule has 14 nitrogen and oxygen atoms in total. The molecule has 3 aromatic carbocycles. The molecule has 0 saturated carbocycles. The van der Waals surface area contributed by atoms with Crippen LogP contribution in [0.3, 0.4) is 0 Å². The second-order valence-electron chi connectivity index (χ2n) is 14.6. The molecule has 0 bridgehead atoms. The van der Waals surface area contributed by atoms with Crippen LogP contribution in [-0.4, -0.2) is 118 Å². The highest BCUT2D eigenvalue weighted by atomic mass is 16.6. The summed E-state index contributed by atoms with van der Waals surface area (Å²) in [5, 5.41) is 20.6. The zero-order chi connectivity index (χ0) is 40.8. The monoisotopic (exact) mass is 800 g/mol. The Kier molecular flexibility index (Phi) is 12.8. The molecule has 2 amide bonds. The van der Waals surface area contributed by atoms with E-state index < -0.39 is 0 Å². The number of benzene rings is 3. The van der Waals surface area contributed by atoms with Crippen molar-refractivity contribution in [3.05, 3.63) is 94.5 Å². The number of fused-ring (bicyclic) bond motifs is 4. The van der Waals surface area contributed by atoms with Crippen molar-refractivity contribution in [1.29, 1.82) is 0 Å². The Hall–Kier alpha value is -5.60. The number of methoxy groups -OCH3 is 2. The average Bonchev–Trinajstić information content (AvgIpc) is 3.22. The Morgan fingerprint density at radius 3 is 1.81 bits per heavy atom. The number of hydrogen-bond donors (Lipinski definition) is 2. The van der Waals surface area contributed by atoms with Gasteiger partial charge in [0.05, 0.1) is 46.7 Å². The molecule has 14 heteroatoms. The van der Waals surface area contributed by atoms with Crippen LogP contribution in [0.1, 0.15) is 58.2 Å². The number of amides is 2. The van der Waals surface area contributed by atoms with Gasteiger partial charge in [-0.1, -0.05) is 0 Å². The molecule has 1 saturated heterocycles. The molecule has 1 fully saturated rings. The number of phenols is 1. The number of piperidine rings is 1. The molecule has 310 valence electrons. The van der Waals surface area contributed by atoms with E-state index in [0.717, 1.165) is 17.5 Å². The summed E-state index contributed by atoms with van der Waals surface area (Å²) in [6.45, 7) is 6.90. The largest absolute Gasteiger partial charge is 0.504 e. The minimum absolute atomic E-state index is 0.0110. The van der Waals surface area contributed by atoms with E-state index in [1.165, 1.54) is 14.2 Å². The summed E-state index contributed by atoms with van der Waals surface area (Å²) in [4.78, 5) is 31.5. The second kappa shape index (κ2) is 18.3. The van der Waals surface area contributed by atoms with Crippen LogP contribution in [0.25, 0.3) is 0 Å². The van der Waals surface area contributed by atoms with Gasteiger partial charge >= 0.3 is 0 Å². The van der Waals surface area contributed by atoms with Gasteiger partial charge in [-0.3, -0.25) is 9.59 Å². The van der Waals surface area contributed by atoms with E-state index in [1.807, 2.05) is 30.9 Å². The molecule has 0 spiro atoms. The lowest BCUT2D eigenvalue weighted by atomic mass is 9.77. The van der Waals surface area contributed by atoms with Gasteiger partial charge in [-0.05, 0) is 104 Å². The van der Waals surface area contributed by atoms with Gasteiger partial charge in [0.2, 0.25) is 0 Å². The topological polar surface area (TPSA) is 155 Å². The summed E-state index contributed by atoms with van der Waals surface area (Å²) >= 11 is 0. The molecule has 1 aliphatic carbocycles. The Morgan fingerprint density at radius 2 is 1.24 bits per heavy atom. The molecule has 3 heterocycles. The highest BCUT2D eigenvalue weighted by Gasteiger charge is 2.39. The molecule has 0 aromatic heterocycles. The predicted molar refractivity (Wildman–Crippen MR) is 212 cm³/mol. The van der Waals surface area contributed by atoms with Crippen molar-refractivity contribution >= 4 is 11.8 Å². The molecule has 2 N–H and O–H groups in total. The van der Waals surface area contributed by atoms with Crippen molar-refractivity contribution < 1.29 is 57.7 Å². The third-order valence-corrected chi connectivity index (χ3v) is 11.3. The van der Waals surface area contributed by atoms with Gasteiger partial charge in [0.25, 0.3) is 11.8 Å². The number of allylic oxidation sites excluding steroid dienone is 1. The molecule has 4 atom stereocenters. The molecule has 7 rings (SSSR count). The fourth-order valence-electron chi connectivity index (χ4n) is 8.11. The smallest absolute Gasteiger partial charge is 0.254 e. The highest BCUT2D eigenvalue weighted by molar-refractivity contribution is 5.96. The molecule has 58 heavy (non-hydrogen) atoms. The van der Waals surface area contributed by atoms with E-state index in [2.05, 4.69) is 0 Å². The van der Waals surface area contributed by atoms with Crippen molar-refractivity contribution in [2.75, 3.05) is 80.2 Å². The number of phenolic OH excluding ortho intramolecular Hbond substituents is 1. The number of rotatable bonds is 4. The Morgan fingerprint density at radius 1 is 0.672 bits per heavy atom. The third-order valence-electron chi connectivity index (χ3n) is 11.3. The fourth-order valence-corrected chi connectivity index (χ4v) is 8.11. The first kappa shape index (κ1) is 40.6. The molecule has 0 unspecified atom stereocenters. The van der Waals surface area contributed by atoms with E-state index >= 15 is 0 Å². The zero-order valence-electron chi connectivity index (χ0n) is 33.4. The number of ether oxygens (including phenoxy) is 8. The van der Waals surface area contributed by atoms with Gasteiger partial charge in [-0.25, -0.2) is 0 Å². The summed E-state index contributed by atoms with van der Waals surface area (Å²) in [6, 6.07) is 13.5.